The lowest BCUT2D eigenvalue weighted by Crippen LogP contribution is -2.05. The number of nitrogens with one attached hydrogen (secondary N) is 1. The van der Waals surface area contributed by atoms with Crippen LogP contribution in [0.25, 0.3) is 5.69 Å². The molecular formula is C19H17F3N4O. The zero-order chi connectivity index (χ0) is 19.6. The van der Waals surface area contributed by atoms with Gasteiger partial charge in [0.25, 0.3) is 0 Å². The lowest BCUT2D eigenvalue weighted by Gasteiger charge is -2.09. The maximum absolute atomic E-state index is 12.5. The summed E-state index contributed by atoms with van der Waals surface area (Å²) in [4.78, 5) is 3.70. The minimum atomic E-state index is -4.42. The van der Waals surface area contributed by atoms with E-state index in [4.69, 9.17) is 0 Å². The molecule has 2 aromatic heterocycles. The molecule has 0 aliphatic rings. The number of anilines is 1. The van der Waals surface area contributed by atoms with Crippen LogP contribution < -0.4 is 5.43 Å². The highest BCUT2D eigenvalue weighted by Gasteiger charge is 2.30. The number of hydrazone groups is 1. The van der Waals surface area contributed by atoms with E-state index in [-0.39, 0.29) is 11.6 Å². The van der Waals surface area contributed by atoms with E-state index in [0.717, 1.165) is 34.9 Å². The third-order valence-electron chi connectivity index (χ3n) is 4.05. The number of halogens is 3. The first-order valence-electron chi connectivity index (χ1n) is 8.06. The maximum atomic E-state index is 12.5. The molecule has 0 amide bonds. The molecule has 140 valence electrons. The summed E-state index contributed by atoms with van der Waals surface area (Å²) in [6.45, 7) is 3.87. The fourth-order valence-corrected chi connectivity index (χ4v) is 2.71. The van der Waals surface area contributed by atoms with Crippen LogP contribution in [0.1, 0.15) is 22.5 Å². The van der Waals surface area contributed by atoms with Crippen LogP contribution in [0.4, 0.5) is 19.0 Å². The average molecular weight is 374 g/mol. The van der Waals surface area contributed by atoms with E-state index in [1.165, 1.54) is 6.07 Å². The standard InChI is InChI=1S/C19H17F3N4O/c1-12-9-14(13(2)26(12)16-4-6-17(27)7-5-16)10-24-25-18-8-3-15(11-23-18)19(20,21)22/h3-11,27H,1-2H3,(H,23,25)/b24-10-. The molecule has 0 aliphatic carbocycles. The molecule has 1 aromatic carbocycles. The summed E-state index contributed by atoms with van der Waals surface area (Å²) < 4.78 is 39.6. The van der Waals surface area contributed by atoms with Crippen molar-refractivity contribution < 1.29 is 18.3 Å². The minimum Gasteiger partial charge on any atom is -0.508 e. The van der Waals surface area contributed by atoms with Crippen molar-refractivity contribution in [3.05, 3.63) is 71.2 Å². The van der Waals surface area contributed by atoms with Crippen molar-refractivity contribution in [2.75, 3.05) is 5.43 Å². The SMILES string of the molecule is Cc1cc(/C=N\Nc2ccc(C(F)(F)F)cn2)c(C)n1-c1ccc(O)cc1. The van der Waals surface area contributed by atoms with Crippen molar-refractivity contribution in [1.29, 1.82) is 0 Å². The molecule has 0 radical (unpaired) electrons. The number of pyridine rings is 1. The highest BCUT2D eigenvalue weighted by Crippen LogP contribution is 2.28. The molecule has 8 heteroatoms. The van der Waals surface area contributed by atoms with Crippen molar-refractivity contribution in [2.45, 2.75) is 20.0 Å². The second-order valence-electron chi connectivity index (χ2n) is 5.98. The van der Waals surface area contributed by atoms with Crippen LogP contribution in [0, 0.1) is 13.8 Å². The van der Waals surface area contributed by atoms with Gasteiger partial charge in [-0.1, -0.05) is 0 Å². The van der Waals surface area contributed by atoms with E-state index in [1.54, 1.807) is 30.5 Å². The van der Waals surface area contributed by atoms with Crippen LogP contribution >= 0.6 is 0 Å². The van der Waals surface area contributed by atoms with Gasteiger partial charge in [0.15, 0.2) is 0 Å². The Morgan fingerprint density at radius 1 is 1.11 bits per heavy atom. The second-order valence-corrected chi connectivity index (χ2v) is 5.98. The summed E-state index contributed by atoms with van der Waals surface area (Å²) >= 11 is 0. The molecule has 0 aliphatic heterocycles. The molecule has 0 saturated heterocycles. The molecule has 0 unspecified atom stereocenters. The van der Waals surface area contributed by atoms with Gasteiger partial charge in [0, 0.05) is 28.8 Å². The van der Waals surface area contributed by atoms with Crippen LogP contribution in [0.5, 0.6) is 5.75 Å². The largest absolute Gasteiger partial charge is 0.508 e. The number of phenols is 1. The molecule has 3 rings (SSSR count). The second kappa shape index (κ2) is 7.14. The molecule has 0 atom stereocenters. The first-order valence-corrected chi connectivity index (χ1v) is 8.06. The summed E-state index contributed by atoms with van der Waals surface area (Å²) in [6.07, 6.45) is -2.08. The Labute approximate surface area is 153 Å². The van der Waals surface area contributed by atoms with E-state index in [2.05, 4.69) is 15.5 Å². The van der Waals surface area contributed by atoms with Gasteiger partial charge in [-0.2, -0.15) is 18.3 Å². The zero-order valence-electron chi connectivity index (χ0n) is 14.6. The van der Waals surface area contributed by atoms with E-state index in [9.17, 15) is 18.3 Å². The van der Waals surface area contributed by atoms with Gasteiger partial charge in [0.1, 0.15) is 11.6 Å². The Morgan fingerprint density at radius 2 is 1.81 bits per heavy atom. The Bertz CT molecular complexity index is 958. The van der Waals surface area contributed by atoms with Crippen molar-refractivity contribution >= 4 is 12.0 Å². The summed E-state index contributed by atoms with van der Waals surface area (Å²) in [7, 11) is 0. The number of aromatic hydroxyl groups is 1. The minimum absolute atomic E-state index is 0.191. The molecule has 0 saturated carbocycles. The fraction of sp³-hybridized carbons (Fsp3) is 0.158. The number of hydrogen-bond donors (Lipinski definition) is 2. The van der Waals surface area contributed by atoms with Crippen molar-refractivity contribution in [3.8, 4) is 11.4 Å². The van der Waals surface area contributed by atoms with Crippen LogP contribution in [0.15, 0.2) is 53.8 Å². The van der Waals surface area contributed by atoms with E-state index >= 15 is 0 Å². The third-order valence-corrected chi connectivity index (χ3v) is 4.05. The zero-order valence-corrected chi connectivity index (χ0v) is 14.6. The monoisotopic (exact) mass is 374 g/mol. The third kappa shape index (κ3) is 4.11. The Kier molecular flexibility index (Phi) is 4.89. The number of nitrogens with zero attached hydrogens (tertiary/aromatic N) is 3. The summed E-state index contributed by atoms with van der Waals surface area (Å²) in [6, 6.07) is 10.9. The van der Waals surface area contributed by atoms with Gasteiger partial charge in [-0.25, -0.2) is 4.98 Å². The van der Waals surface area contributed by atoms with Crippen molar-refractivity contribution in [1.82, 2.24) is 9.55 Å². The van der Waals surface area contributed by atoms with Gasteiger partial charge in [-0.05, 0) is 56.3 Å². The Balaban J connectivity index is 1.76. The number of rotatable bonds is 4. The van der Waals surface area contributed by atoms with E-state index in [0.29, 0.717) is 0 Å². The van der Waals surface area contributed by atoms with Crippen LogP contribution in [-0.2, 0) is 6.18 Å². The lowest BCUT2D eigenvalue weighted by atomic mass is 10.2. The van der Waals surface area contributed by atoms with E-state index < -0.39 is 11.7 Å². The van der Waals surface area contributed by atoms with Crippen molar-refractivity contribution in [2.24, 2.45) is 5.10 Å². The average Bonchev–Trinajstić information content (AvgIpc) is 2.89. The number of alkyl halides is 3. The van der Waals surface area contributed by atoms with Gasteiger partial charge in [0.05, 0.1) is 11.8 Å². The number of aromatic nitrogens is 2. The summed E-state index contributed by atoms with van der Waals surface area (Å²) in [5.41, 5.74) is 5.48. The topological polar surface area (TPSA) is 62.4 Å². The van der Waals surface area contributed by atoms with Gasteiger partial charge in [-0.15, -0.1) is 0 Å². The quantitative estimate of drug-likeness (QED) is 0.516. The fourth-order valence-electron chi connectivity index (χ4n) is 2.71. The Hall–Kier alpha value is -3.29. The molecule has 0 bridgehead atoms. The lowest BCUT2D eigenvalue weighted by molar-refractivity contribution is -0.137. The summed E-state index contributed by atoms with van der Waals surface area (Å²) in [5.74, 6) is 0.405. The normalized spacial score (nSPS) is 11.9. The van der Waals surface area contributed by atoms with Crippen LogP contribution in [0.3, 0.4) is 0 Å². The number of aryl methyl sites for hydroxylation is 1. The predicted molar refractivity (Wildman–Crippen MR) is 97.4 cm³/mol. The number of hydrogen-bond acceptors (Lipinski definition) is 4. The molecule has 5 nitrogen and oxygen atoms in total. The van der Waals surface area contributed by atoms with Crippen molar-refractivity contribution in [3.63, 3.8) is 0 Å². The molecule has 3 aromatic rings. The van der Waals surface area contributed by atoms with Gasteiger partial charge in [0.2, 0.25) is 0 Å². The van der Waals surface area contributed by atoms with Gasteiger partial charge < -0.3 is 9.67 Å². The Morgan fingerprint density at radius 3 is 2.41 bits per heavy atom. The van der Waals surface area contributed by atoms with Crippen LogP contribution in [-0.4, -0.2) is 20.9 Å². The molecular weight excluding hydrogens is 357 g/mol. The molecule has 0 fully saturated rings. The first-order chi connectivity index (χ1) is 12.8. The summed E-state index contributed by atoms with van der Waals surface area (Å²) in [5, 5.41) is 13.5. The van der Waals surface area contributed by atoms with Gasteiger partial charge in [-0.3, -0.25) is 5.43 Å². The maximum Gasteiger partial charge on any atom is 0.417 e. The molecule has 27 heavy (non-hydrogen) atoms. The highest BCUT2D eigenvalue weighted by atomic mass is 19.4. The smallest absolute Gasteiger partial charge is 0.417 e. The highest BCUT2D eigenvalue weighted by molar-refractivity contribution is 5.82. The molecule has 0 spiro atoms. The van der Waals surface area contributed by atoms with E-state index in [1.807, 2.05) is 24.5 Å². The van der Waals surface area contributed by atoms with Gasteiger partial charge >= 0.3 is 6.18 Å². The number of phenolic OH excluding ortho intramolecular Hbond substituents is 1. The molecule has 2 heterocycles. The first kappa shape index (κ1) is 18.5. The van der Waals surface area contributed by atoms with Crippen LogP contribution in [0.2, 0.25) is 0 Å². The number of benzene rings is 1. The predicted octanol–water partition coefficient (Wildman–Crippen LogP) is 4.66. The molecule has 2 N–H and O–H groups in total.